The molecule has 0 heterocycles. The SMILES string of the molecule is CC(=O)Nc1ccc(Br)cc1NC(=O)C1CC1c1ccccc1Cl. The van der Waals surface area contributed by atoms with Gasteiger partial charge in [0.25, 0.3) is 0 Å². The molecule has 2 aromatic rings. The van der Waals surface area contributed by atoms with Gasteiger partial charge in [-0.1, -0.05) is 45.7 Å². The highest BCUT2D eigenvalue weighted by Crippen LogP contribution is 2.50. The molecule has 2 N–H and O–H groups in total. The van der Waals surface area contributed by atoms with Crippen molar-refractivity contribution in [1.29, 1.82) is 0 Å². The highest BCUT2D eigenvalue weighted by atomic mass is 79.9. The zero-order chi connectivity index (χ0) is 17.3. The molecular formula is C18H16BrClN2O2. The number of halogens is 2. The normalized spacial score (nSPS) is 18.8. The van der Waals surface area contributed by atoms with Gasteiger partial charge in [-0.2, -0.15) is 0 Å². The van der Waals surface area contributed by atoms with Crippen LogP contribution in [-0.2, 0) is 9.59 Å². The minimum Gasteiger partial charge on any atom is -0.325 e. The molecule has 0 spiro atoms. The van der Waals surface area contributed by atoms with Crippen LogP contribution in [0.1, 0.15) is 24.8 Å². The third kappa shape index (κ3) is 3.79. The maximum atomic E-state index is 12.5. The second-order valence-corrected chi connectivity index (χ2v) is 7.15. The molecule has 0 aromatic heterocycles. The monoisotopic (exact) mass is 406 g/mol. The lowest BCUT2D eigenvalue weighted by atomic mass is 10.1. The summed E-state index contributed by atoms with van der Waals surface area (Å²) in [7, 11) is 0. The summed E-state index contributed by atoms with van der Waals surface area (Å²) in [4.78, 5) is 23.8. The number of rotatable bonds is 4. The lowest BCUT2D eigenvalue weighted by Gasteiger charge is -2.12. The minimum atomic E-state index is -0.187. The first kappa shape index (κ1) is 17.0. The van der Waals surface area contributed by atoms with Crippen LogP contribution in [0.3, 0.4) is 0 Å². The van der Waals surface area contributed by atoms with Crippen LogP contribution >= 0.6 is 27.5 Å². The van der Waals surface area contributed by atoms with Gasteiger partial charge < -0.3 is 10.6 Å². The molecular weight excluding hydrogens is 392 g/mol. The summed E-state index contributed by atoms with van der Waals surface area (Å²) in [6.07, 6.45) is 0.777. The van der Waals surface area contributed by atoms with Crippen molar-refractivity contribution in [3.63, 3.8) is 0 Å². The van der Waals surface area contributed by atoms with Gasteiger partial charge in [0.05, 0.1) is 11.4 Å². The molecule has 0 bridgehead atoms. The van der Waals surface area contributed by atoms with E-state index in [1.807, 2.05) is 30.3 Å². The molecule has 2 atom stereocenters. The standard InChI is InChI=1S/C18H16BrClN2O2/c1-10(23)21-16-7-6-11(19)8-17(16)22-18(24)14-9-13(14)12-4-2-3-5-15(12)20/h2-8,13-14H,9H2,1H3,(H,21,23)(H,22,24). The van der Waals surface area contributed by atoms with Crippen molar-refractivity contribution in [3.8, 4) is 0 Å². The Morgan fingerprint density at radius 1 is 1.12 bits per heavy atom. The average molecular weight is 408 g/mol. The summed E-state index contributed by atoms with van der Waals surface area (Å²) in [5.74, 6) is -0.207. The van der Waals surface area contributed by atoms with E-state index in [9.17, 15) is 9.59 Å². The van der Waals surface area contributed by atoms with E-state index in [1.54, 1.807) is 12.1 Å². The number of nitrogens with one attached hydrogen (secondary N) is 2. The lowest BCUT2D eigenvalue weighted by Crippen LogP contribution is -2.17. The van der Waals surface area contributed by atoms with Gasteiger partial charge >= 0.3 is 0 Å². The van der Waals surface area contributed by atoms with Gasteiger partial charge in [0, 0.05) is 22.3 Å². The van der Waals surface area contributed by atoms with Gasteiger partial charge in [-0.25, -0.2) is 0 Å². The van der Waals surface area contributed by atoms with Crippen molar-refractivity contribution >= 4 is 50.7 Å². The molecule has 0 radical (unpaired) electrons. The summed E-state index contributed by atoms with van der Waals surface area (Å²) < 4.78 is 0.824. The van der Waals surface area contributed by atoms with Crippen LogP contribution in [0.15, 0.2) is 46.9 Å². The van der Waals surface area contributed by atoms with E-state index < -0.39 is 0 Å². The summed E-state index contributed by atoms with van der Waals surface area (Å²) in [6, 6.07) is 12.9. The highest BCUT2D eigenvalue weighted by molar-refractivity contribution is 9.10. The van der Waals surface area contributed by atoms with Crippen molar-refractivity contribution < 1.29 is 9.59 Å². The van der Waals surface area contributed by atoms with E-state index in [1.165, 1.54) is 6.92 Å². The first-order valence-electron chi connectivity index (χ1n) is 7.58. The molecule has 2 unspecified atom stereocenters. The number of anilines is 2. The van der Waals surface area contributed by atoms with Crippen LogP contribution in [-0.4, -0.2) is 11.8 Å². The van der Waals surface area contributed by atoms with Crippen molar-refractivity contribution in [1.82, 2.24) is 0 Å². The molecule has 0 aliphatic heterocycles. The van der Waals surface area contributed by atoms with Gasteiger partial charge in [0.1, 0.15) is 0 Å². The van der Waals surface area contributed by atoms with E-state index in [4.69, 9.17) is 11.6 Å². The number of amides is 2. The summed E-state index contributed by atoms with van der Waals surface area (Å²) in [5, 5.41) is 6.33. The number of carbonyl (C=O) groups excluding carboxylic acids is 2. The fourth-order valence-corrected chi connectivity index (χ4v) is 3.39. The van der Waals surface area contributed by atoms with E-state index in [0.29, 0.717) is 16.4 Å². The third-order valence-corrected chi connectivity index (χ3v) is 4.82. The Bertz CT molecular complexity index is 809. The number of carbonyl (C=O) groups is 2. The smallest absolute Gasteiger partial charge is 0.228 e. The van der Waals surface area contributed by atoms with Crippen molar-refractivity contribution in [2.45, 2.75) is 19.3 Å². The number of hydrogen-bond acceptors (Lipinski definition) is 2. The van der Waals surface area contributed by atoms with E-state index in [-0.39, 0.29) is 23.7 Å². The number of benzene rings is 2. The van der Waals surface area contributed by atoms with Gasteiger partial charge in [0.15, 0.2) is 0 Å². The molecule has 1 aliphatic rings. The molecule has 6 heteroatoms. The Morgan fingerprint density at radius 3 is 2.58 bits per heavy atom. The largest absolute Gasteiger partial charge is 0.325 e. The van der Waals surface area contributed by atoms with Crippen LogP contribution in [0.4, 0.5) is 11.4 Å². The Labute approximate surface area is 153 Å². The van der Waals surface area contributed by atoms with Crippen LogP contribution in [0, 0.1) is 5.92 Å². The average Bonchev–Trinajstić information content (AvgIpc) is 3.30. The Hall–Kier alpha value is -1.85. The van der Waals surface area contributed by atoms with Gasteiger partial charge in [-0.05, 0) is 42.2 Å². The fraction of sp³-hybridized carbons (Fsp3) is 0.222. The topological polar surface area (TPSA) is 58.2 Å². The van der Waals surface area contributed by atoms with Gasteiger partial charge in [0.2, 0.25) is 11.8 Å². The summed E-state index contributed by atoms with van der Waals surface area (Å²) in [6.45, 7) is 1.43. The van der Waals surface area contributed by atoms with Crippen LogP contribution in [0.25, 0.3) is 0 Å². The molecule has 3 rings (SSSR count). The predicted octanol–water partition coefficient (Wildman–Crippen LogP) is 4.80. The van der Waals surface area contributed by atoms with Crippen LogP contribution < -0.4 is 10.6 Å². The first-order valence-corrected chi connectivity index (χ1v) is 8.75. The van der Waals surface area contributed by atoms with E-state index >= 15 is 0 Å². The van der Waals surface area contributed by atoms with Crippen LogP contribution in [0.5, 0.6) is 0 Å². The fourth-order valence-electron chi connectivity index (χ4n) is 2.75. The molecule has 1 saturated carbocycles. The molecule has 2 amide bonds. The Morgan fingerprint density at radius 2 is 1.88 bits per heavy atom. The molecule has 124 valence electrons. The van der Waals surface area contributed by atoms with Gasteiger partial charge in [-0.3, -0.25) is 9.59 Å². The second kappa shape index (κ2) is 6.95. The Kier molecular flexibility index (Phi) is 4.92. The van der Waals surface area contributed by atoms with E-state index in [0.717, 1.165) is 16.5 Å². The zero-order valence-electron chi connectivity index (χ0n) is 13.0. The second-order valence-electron chi connectivity index (χ2n) is 5.83. The lowest BCUT2D eigenvalue weighted by molar-refractivity contribution is -0.117. The van der Waals surface area contributed by atoms with Gasteiger partial charge in [-0.15, -0.1) is 0 Å². The Balaban J connectivity index is 1.73. The third-order valence-electron chi connectivity index (χ3n) is 3.98. The van der Waals surface area contributed by atoms with Crippen molar-refractivity contribution in [2.75, 3.05) is 10.6 Å². The molecule has 1 aliphatic carbocycles. The maximum absolute atomic E-state index is 12.5. The molecule has 2 aromatic carbocycles. The quantitative estimate of drug-likeness (QED) is 0.764. The molecule has 0 saturated heterocycles. The van der Waals surface area contributed by atoms with Crippen molar-refractivity contribution in [2.24, 2.45) is 5.92 Å². The predicted molar refractivity (Wildman–Crippen MR) is 99.4 cm³/mol. The maximum Gasteiger partial charge on any atom is 0.228 e. The first-order chi connectivity index (χ1) is 11.5. The van der Waals surface area contributed by atoms with E-state index in [2.05, 4.69) is 26.6 Å². The zero-order valence-corrected chi connectivity index (χ0v) is 15.3. The minimum absolute atomic E-state index is 0.0652. The highest BCUT2D eigenvalue weighted by Gasteiger charge is 2.44. The summed E-state index contributed by atoms with van der Waals surface area (Å²) >= 11 is 9.59. The summed E-state index contributed by atoms with van der Waals surface area (Å²) in [5.41, 5.74) is 2.17. The molecule has 1 fully saturated rings. The number of hydrogen-bond donors (Lipinski definition) is 2. The van der Waals surface area contributed by atoms with Crippen molar-refractivity contribution in [3.05, 3.63) is 57.5 Å². The molecule has 24 heavy (non-hydrogen) atoms. The molecule has 4 nitrogen and oxygen atoms in total. The van der Waals surface area contributed by atoms with Crippen LogP contribution in [0.2, 0.25) is 5.02 Å².